The molecule has 1 saturated heterocycles. The molecule has 0 aromatic carbocycles. The van der Waals surface area contributed by atoms with Crippen molar-refractivity contribution in [3.8, 4) is 0 Å². The summed E-state index contributed by atoms with van der Waals surface area (Å²) in [6.45, 7) is -0.355. The predicted octanol–water partition coefficient (Wildman–Crippen LogP) is -0.111. The first-order chi connectivity index (χ1) is 7.65. The van der Waals surface area contributed by atoms with E-state index in [0.717, 1.165) is 0 Å². The first-order valence-corrected chi connectivity index (χ1v) is 5.26. The second kappa shape index (κ2) is 4.65. The first kappa shape index (κ1) is 11.8. The molecule has 16 heavy (non-hydrogen) atoms. The van der Waals surface area contributed by atoms with Gasteiger partial charge in [-0.05, 0) is 6.07 Å². The van der Waals surface area contributed by atoms with Crippen LogP contribution in [0.2, 0.25) is 5.15 Å². The SMILES string of the molecule is OC[C@H]1O[C@@H](c2cccnc2Cl)[C@H](O)[C@@H]1O. The van der Waals surface area contributed by atoms with Crippen molar-refractivity contribution in [1.29, 1.82) is 0 Å². The quantitative estimate of drug-likeness (QED) is 0.634. The van der Waals surface area contributed by atoms with Gasteiger partial charge < -0.3 is 20.1 Å². The van der Waals surface area contributed by atoms with E-state index in [1.807, 2.05) is 0 Å². The van der Waals surface area contributed by atoms with Gasteiger partial charge in [-0.1, -0.05) is 17.7 Å². The Balaban J connectivity index is 2.26. The van der Waals surface area contributed by atoms with Gasteiger partial charge in [0.1, 0.15) is 29.6 Å². The highest BCUT2D eigenvalue weighted by atomic mass is 35.5. The molecule has 2 heterocycles. The van der Waals surface area contributed by atoms with E-state index in [-0.39, 0.29) is 11.8 Å². The van der Waals surface area contributed by atoms with Crippen molar-refractivity contribution in [3.63, 3.8) is 0 Å². The lowest BCUT2D eigenvalue weighted by Gasteiger charge is -2.15. The van der Waals surface area contributed by atoms with Crippen molar-refractivity contribution in [2.75, 3.05) is 6.61 Å². The molecule has 6 heteroatoms. The van der Waals surface area contributed by atoms with Crippen LogP contribution in [0.3, 0.4) is 0 Å². The van der Waals surface area contributed by atoms with Crippen LogP contribution in [0.1, 0.15) is 11.7 Å². The molecule has 0 unspecified atom stereocenters. The average Bonchev–Trinajstić information content (AvgIpc) is 2.57. The van der Waals surface area contributed by atoms with Crippen LogP contribution in [0.5, 0.6) is 0 Å². The van der Waals surface area contributed by atoms with Gasteiger partial charge in [-0.25, -0.2) is 4.98 Å². The summed E-state index contributed by atoms with van der Waals surface area (Å²) < 4.78 is 5.33. The smallest absolute Gasteiger partial charge is 0.134 e. The zero-order chi connectivity index (χ0) is 11.7. The lowest BCUT2D eigenvalue weighted by atomic mass is 10.0. The Morgan fingerprint density at radius 2 is 2.12 bits per heavy atom. The number of aliphatic hydroxyl groups excluding tert-OH is 3. The maximum absolute atomic E-state index is 9.76. The van der Waals surface area contributed by atoms with Gasteiger partial charge in [-0.2, -0.15) is 0 Å². The van der Waals surface area contributed by atoms with Crippen molar-refractivity contribution < 1.29 is 20.1 Å². The van der Waals surface area contributed by atoms with Gasteiger partial charge in [0.2, 0.25) is 0 Å². The molecular weight excluding hydrogens is 234 g/mol. The predicted molar refractivity (Wildman–Crippen MR) is 56.0 cm³/mol. The third-order valence-electron chi connectivity index (χ3n) is 2.64. The summed E-state index contributed by atoms with van der Waals surface area (Å²) in [5, 5.41) is 28.5. The second-order valence-corrected chi connectivity index (χ2v) is 4.00. The molecule has 0 aliphatic carbocycles. The second-order valence-electron chi connectivity index (χ2n) is 3.64. The lowest BCUT2D eigenvalue weighted by Crippen LogP contribution is -2.32. The van der Waals surface area contributed by atoms with Crippen LogP contribution in [-0.4, -0.2) is 45.2 Å². The van der Waals surface area contributed by atoms with E-state index in [1.165, 1.54) is 6.20 Å². The molecule has 5 nitrogen and oxygen atoms in total. The van der Waals surface area contributed by atoms with Crippen LogP contribution in [-0.2, 0) is 4.74 Å². The monoisotopic (exact) mass is 245 g/mol. The highest BCUT2D eigenvalue weighted by Crippen LogP contribution is 2.35. The summed E-state index contributed by atoms with van der Waals surface area (Å²) in [5.74, 6) is 0. The van der Waals surface area contributed by atoms with Crippen LogP contribution < -0.4 is 0 Å². The molecule has 2 rings (SSSR count). The van der Waals surface area contributed by atoms with Crippen LogP contribution >= 0.6 is 11.6 Å². The van der Waals surface area contributed by atoms with Gasteiger partial charge in [0.25, 0.3) is 0 Å². The molecule has 1 aliphatic rings. The number of ether oxygens (including phenoxy) is 1. The van der Waals surface area contributed by atoms with Crippen molar-refractivity contribution in [2.45, 2.75) is 24.4 Å². The largest absolute Gasteiger partial charge is 0.394 e. The van der Waals surface area contributed by atoms with Crippen LogP contribution in [0.4, 0.5) is 0 Å². The van der Waals surface area contributed by atoms with Crippen LogP contribution in [0, 0.1) is 0 Å². The molecule has 0 saturated carbocycles. The van der Waals surface area contributed by atoms with Crippen molar-refractivity contribution in [3.05, 3.63) is 29.0 Å². The maximum Gasteiger partial charge on any atom is 0.134 e. The van der Waals surface area contributed by atoms with Crippen LogP contribution in [0.25, 0.3) is 0 Å². The lowest BCUT2D eigenvalue weighted by molar-refractivity contribution is -0.0228. The van der Waals surface area contributed by atoms with E-state index in [1.54, 1.807) is 12.1 Å². The Bertz CT molecular complexity index is 376. The number of nitrogens with zero attached hydrogens (tertiary/aromatic N) is 1. The normalized spacial score (nSPS) is 34.2. The fraction of sp³-hybridized carbons (Fsp3) is 0.500. The molecule has 88 valence electrons. The highest BCUT2D eigenvalue weighted by molar-refractivity contribution is 6.30. The zero-order valence-corrected chi connectivity index (χ0v) is 9.08. The number of hydrogen-bond acceptors (Lipinski definition) is 5. The summed E-state index contributed by atoms with van der Waals surface area (Å²) in [7, 11) is 0. The summed E-state index contributed by atoms with van der Waals surface area (Å²) in [4.78, 5) is 3.86. The Labute approximate surface area is 97.3 Å². The van der Waals surface area contributed by atoms with E-state index in [9.17, 15) is 10.2 Å². The van der Waals surface area contributed by atoms with Gasteiger partial charge in [-0.3, -0.25) is 0 Å². The third kappa shape index (κ3) is 1.92. The molecule has 4 atom stereocenters. The summed E-state index contributed by atoms with van der Waals surface area (Å²) >= 11 is 5.86. The number of rotatable bonds is 2. The van der Waals surface area contributed by atoms with Crippen molar-refractivity contribution in [2.24, 2.45) is 0 Å². The number of aliphatic hydroxyl groups is 3. The number of halogens is 1. The molecule has 1 fully saturated rings. The Morgan fingerprint density at radius 1 is 1.38 bits per heavy atom. The summed E-state index contributed by atoms with van der Waals surface area (Å²) in [6.07, 6.45) is -2.26. The minimum Gasteiger partial charge on any atom is -0.394 e. The number of hydrogen-bond donors (Lipinski definition) is 3. The fourth-order valence-electron chi connectivity index (χ4n) is 1.77. The van der Waals surface area contributed by atoms with E-state index in [4.69, 9.17) is 21.4 Å². The Kier molecular flexibility index (Phi) is 3.41. The van der Waals surface area contributed by atoms with E-state index in [2.05, 4.69) is 4.98 Å². The molecule has 0 radical (unpaired) electrons. The highest BCUT2D eigenvalue weighted by Gasteiger charge is 2.43. The molecule has 1 aromatic rings. The van der Waals surface area contributed by atoms with Gasteiger partial charge in [0, 0.05) is 11.8 Å². The Morgan fingerprint density at radius 3 is 2.69 bits per heavy atom. The molecule has 3 N–H and O–H groups in total. The minimum absolute atomic E-state index is 0.220. The maximum atomic E-state index is 9.76. The third-order valence-corrected chi connectivity index (χ3v) is 2.95. The van der Waals surface area contributed by atoms with Gasteiger partial charge in [-0.15, -0.1) is 0 Å². The number of aromatic nitrogens is 1. The van der Waals surface area contributed by atoms with Crippen molar-refractivity contribution in [1.82, 2.24) is 4.98 Å². The molecule has 0 bridgehead atoms. The number of pyridine rings is 1. The topological polar surface area (TPSA) is 82.8 Å². The van der Waals surface area contributed by atoms with Gasteiger partial charge >= 0.3 is 0 Å². The molecule has 0 spiro atoms. The van der Waals surface area contributed by atoms with Gasteiger partial charge in [0.05, 0.1) is 6.61 Å². The minimum atomic E-state index is -1.12. The van der Waals surface area contributed by atoms with Crippen LogP contribution in [0.15, 0.2) is 18.3 Å². The molecule has 1 aromatic heterocycles. The van der Waals surface area contributed by atoms with E-state index in [0.29, 0.717) is 5.56 Å². The summed E-state index contributed by atoms with van der Waals surface area (Å²) in [5.41, 5.74) is 0.506. The standard InChI is InChI=1S/C10H12ClNO4/c11-10-5(2-1-3-12-10)9-8(15)7(14)6(4-13)16-9/h1-3,6-9,13-15H,4H2/t6-,7-,8-,9+/m1/s1. The van der Waals surface area contributed by atoms with Gasteiger partial charge in [0.15, 0.2) is 0 Å². The molecule has 1 aliphatic heterocycles. The average molecular weight is 246 g/mol. The Hall–Kier alpha value is -0.720. The zero-order valence-electron chi connectivity index (χ0n) is 8.32. The summed E-state index contributed by atoms with van der Waals surface area (Å²) in [6, 6.07) is 3.33. The van der Waals surface area contributed by atoms with E-state index >= 15 is 0 Å². The molecular formula is C10H12ClNO4. The van der Waals surface area contributed by atoms with Crippen molar-refractivity contribution >= 4 is 11.6 Å². The van der Waals surface area contributed by atoms with E-state index < -0.39 is 24.4 Å². The fourth-order valence-corrected chi connectivity index (χ4v) is 1.99. The molecule has 0 amide bonds. The first-order valence-electron chi connectivity index (χ1n) is 4.88.